The molecule has 3 atom stereocenters. The fourth-order valence-corrected chi connectivity index (χ4v) is 7.51. The molecule has 242 valence electrons. The van der Waals surface area contributed by atoms with Gasteiger partial charge in [0, 0.05) is 70.5 Å². The summed E-state index contributed by atoms with van der Waals surface area (Å²) < 4.78 is 15.2. The van der Waals surface area contributed by atoms with Crippen LogP contribution in [0.15, 0.2) is 30.3 Å². The molecule has 4 heterocycles. The van der Waals surface area contributed by atoms with Gasteiger partial charge < -0.3 is 20.9 Å². The summed E-state index contributed by atoms with van der Waals surface area (Å²) >= 11 is 0. The van der Waals surface area contributed by atoms with E-state index in [-0.39, 0.29) is 35.3 Å². The smallest absolute Gasteiger partial charge is 0.292 e. The number of rotatable bonds is 9. The first-order valence-corrected chi connectivity index (χ1v) is 15.6. The van der Waals surface area contributed by atoms with Gasteiger partial charge >= 0.3 is 0 Å². The number of fused-ring (bicyclic) bond motifs is 2. The van der Waals surface area contributed by atoms with Crippen LogP contribution >= 0.6 is 0 Å². The highest BCUT2D eigenvalue weighted by atomic mass is 19.1. The van der Waals surface area contributed by atoms with Gasteiger partial charge in [-0.3, -0.25) is 44.4 Å². The highest BCUT2D eigenvalue weighted by molar-refractivity contribution is 6.23. The predicted molar refractivity (Wildman–Crippen MR) is 165 cm³/mol. The minimum atomic E-state index is -1.09. The predicted octanol–water partition coefficient (Wildman–Crippen LogP) is 0.811. The Labute approximate surface area is 263 Å². The van der Waals surface area contributed by atoms with Crippen molar-refractivity contribution in [3.63, 3.8) is 0 Å². The van der Waals surface area contributed by atoms with Crippen molar-refractivity contribution in [2.45, 2.75) is 18.9 Å². The van der Waals surface area contributed by atoms with Crippen LogP contribution in [0, 0.1) is 33.7 Å². The van der Waals surface area contributed by atoms with Crippen LogP contribution in [-0.4, -0.2) is 103 Å². The van der Waals surface area contributed by atoms with Crippen molar-refractivity contribution in [2.75, 3.05) is 74.4 Å². The van der Waals surface area contributed by atoms with Gasteiger partial charge in [-0.05, 0) is 55.0 Å². The minimum Gasteiger partial charge on any atom is -0.393 e. The molecule has 0 spiro atoms. The fraction of sp³-hybridized carbons (Fsp3) is 0.484. The summed E-state index contributed by atoms with van der Waals surface area (Å²) in [5.74, 6) is -1.71. The summed E-state index contributed by atoms with van der Waals surface area (Å²) in [4.78, 5) is 67.9. The summed E-state index contributed by atoms with van der Waals surface area (Å²) in [6, 6.07) is 6.32. The molecule has 4 aliphatic heterocycles. The van der Waals surface area contributed by atoms with Gasteiger partial charge in [-0.2, -0.15) is 0 Å². The van der Waals surface area contributed by atoms with Gasteiger partial charge in [-0.15, -0.1) is 0 Å². The van der Waals surface area contributed by atoms with E-state index in [9.17, 15) is 29.3 Å². The summed E-state index contributed by atoms with van der Waals surface area (Å²) in [6.45, 7) is 7.37. The molecule has 4 fully saturated rings. The molecule has 15 heteroatoms. The van der Waals surface area contributed by atoms with Crippen LogP contribution in [0.3, 0.4) is 0 Å². The van der Waals surface area contributed by atoms with Crippen molar-refractivity contribution < 1.29 is 28.5 Å². The van der Waals surface area contributed by atoms with Gasteiger partial charge in [0.2, 0.25) is 11.8 Å². The van der Waals surface area contributed by atoms with Crippen LogP contribution in [0.2, 0.25) is 0 Å². The molecular formula is C31H35FN8O6. The second kappa shape index (κ2) is 11.6. The van der Waals surface area contributed by atoms with E-state index in [2.05, 4.69) is 20.4 Å². The van der Waals surface area contributed by atoms with E-state index < -0.39 is 40.4 Å². The Morgan fingerprint density at radius 1 is 0.978 bits per heavy atom. The number of imide groups is 2. The number of piperidine rings is 2. The maximum absolute atomic E-state index is 15.2. The number of nitrogens with one attached hydrogen (secondary N) is 2. The Morgan fingerprint density at radius 2 is 1.67 bits per heavy atom. The third kappa shape index (κ3) is 5.32. The molecule has 0 radical (unpaired) electrons. The third-order valence-corrected chi connectivity index (χ3v) is 10.1. The van der Waals surface area contributed by atoms with Gasteiger partial charge in [0.15, 0.2) is 0 Å². The average molecular weight is 635 g/mol. The Balaban J connectivity index is 0.861. The first-order chi connectivity index (χ1) is 22.1. The number of hydrogen-bond acceptors (Lipinski definition) is 11. The molecule has 46 heavy (non-hydrogen) atoms. The largest absolute Gasteiger partial charge is 0.393 e. The molecule has 0 aromatic heterocycles. The second-order valence-electron chi connectivity index (χ2n) is 12.7. The number of halogens is 1. The normalized spacial score (nSPS) is 26.0. The van der Waals surface area contributed by atoms with Crippen molar-refractivity contribution in [3.05, 3.63) is 57.4 Å². The molecule has 1 aliphatic carbocycles. The number of hydrogen-bond donors (Lipinski definition) is 3. The first kappa shape index (κ1) is 30.0. The van der Waals surface area contributed by atoms with Crippen molar-refractivity contribution in [1.29, 1.82) is 0 Å². The molecule has 1 saturated carbocycles. The molecule has 2 aromatic carbocycles. The molecule has 14 nitrogen and oxygen atoms in total. The minimum absolute atomic E-state index is 0.0232. The number of carbonyl (C=O) groups is 4. The number of benzene rings is 2. The fourth-order valence-electron chi connectivity index (χ4n) is 7.51. The van der Waals surface area contributed by atoms with Crippen LogP contribution in [0.25, 0.3) is 0 Å². The molecule has 3 saturated heterocycles. The lowest BCUT2D eigenvalue weighted by Crippen LogP contribution is -2.54. The van der Waals surface area contributed by atoms with E-state index >= 15 is 4.39 Å². The van der Waals surface area contributed by atoms with Gasteiger partial charge in [-0.1, -0.05) is 0 Å². The molecule has 7 rings (SSSR count). The van der Waals surface area contributed by atoms with E-state index in [1.54, 1.807) is 12.1 Å². The standard InChI is InChI=1S/C31H35FN8O6/c32-23-12-18-19(31(44)39(30(18)43)26-3-4-28(41)35-29(26)42)13-27(23)38-15-21-20(22(21)16-38)14-34-5-6-36-7-9-37(10-8-36)17-1-2-25(40(45)46)24(33)11-17/h1-2,11-13,20-22,26,34H,3-10,14-16,33H2,(H,35,41,42). The summed E-state index contributed by atoms with van der Waals surface area (Å²) in [7, 11) is 0. The highest BCUT2D eigenvalue weighted by Gasteiger charge is 2.55. The van der Waals surface area contributed by atoms with Gasteiger partial charge in [-0.25, -0.2) is 4.39 Å². The van der Waals surface area contributed by atoms with Crippen LogP contribution in [-0.2, 0) is 9.59 Å². The third-order valence-electron chi connectivity index (χ3n) is 10.1. The molecular weight excluding hydrogens is 599 g/mol. The van der Waals surface area contributed by atoms with Crippen LogP contribution in [0.5, 0.6) is 0 Å². The van der Waals surface area contributed by atoms with E-state index in [0.717, 1.165) is 62.5 Å². The Morgan fingerprint density at radius 3 is 2.33 bits per heavy atom. The van der Waals surface area contributed by atoms with Crippen molar-refractivity contribution in [1.82, 2.24) is 20.4 Å². The maximum atomic E-state index is 15.2. The first-order valence-electron chi connectivity index (χ1n) is 15.6. The highest BCUT2D eigenvalue weighted by Crippen LogP contribution is 2.52. The van der Waals surface area contributed by atoms with Gasteiger partial charge in [0.1, 0.15) is 17.5 Å². The van der Waals surface area contributed by atoms with E-state index in [4.69, 9.17) is 5.73 Å². The zero-order chi connectivity index (χ0) is 32.3. The van der Waals surface area contributed by atoms with Crippen LogP contribution in [0.4, 0.5) is 27.1 Å². The summed E-state index contributed by atoms with van der Waals surface area (Å²) in [6.07, 6.45) is 0.0720. The summed E-state index contributed by atoms with van der Waals surface area (Å²) in [5, 5.41) is 16.8. The Bertz CT molecular complexity index is 1630. The van der Waals surface area contributed by atoms with Crippen molar-refractivity contribution in [2.24, 2.45) is 17.8 Å². The molecule has 4 N–H and O–H groups in total. The Hall–Kier alpha value is -4.63. The van der Waals surface area contributed by atoms with Crippen LogP contribution < -0.4 is 26.2 Å². The number of nitro benzene ring substituents is 1. The number of nitrogen functional groups attached to an aromatic ring is 1. The number of nitrogens with two attached hydrogens (primary N) is 1. The maximum Gasteiger partial charge on any atom is 0.292 e. The average Bonchev–Trinajstić information content (AvgIpc) is 3.35. The number of amides is 4. The number of nitro groups is 1. The molecule has 0 bridgehead atoms. The number of carbonyl (C=O) groups excluding carboxylic acids is 4. The molecule has 4 amide bonds. The van der Waals surface area contributed by atoms with Crippen LogP contribution in [0.1, 0.15) is 33.6 Å². The number of nitrogens with zero attached hydrogens (tertiary/aromatic N) is 5. The van der Waals surface area contributed by atoms with Crippen molar-refractivity contribution in [3.8, 4) is 0 Å². The summed E-state index contributed by atoms with van der Waals surface area (Å²) in [5.41, 5.74) is 7.16. The Kier molecular flexibility index (Phi) is 7.59. The molecule has 2 aromatic rings. The molecule has 5 aliphatic rings. The zero-order valence-corrected chi connectivity index (χ0v) is 25.1. The quantitative estimate of drug-likeness (QED) is 0.117. The second-order valence-corrected chi connectivity index (χ2v) is 12.7. The zero-order valence-electron chi connectivity index (χ0n) is 25.1. The van der Waals surface area contributed by atoms with Crippen molar-refractivity contribution >= 4 is 46.4 Å². The lowest BCUT2D eigenvalue weighted by atomic mass is 10.0. The topological polar surface area (TPSA) is 174 Å². The number of piperazine rings is 1. The van der Waals surface area contributed by atoms with E-state index in [1.165, 1.54) is 12.1 Å². The number of anilines is 3. The van der Waals surface area contributed by atoms with E-state index in [1.807, 2.05) is 4.90 Å². The van der Waals surface area contributed by atoms with Gasteiger partial charge in [0.05, 0.1) is 21.7 Å². The SMILES string of the molecule is Nc1cc(N2CCN(CCNCC3C4CN(c5cc6c(cc5F)C(=O)N(C5CCC(=O)NC5=O)C6=O)CC34)CC2)ccc1[N+](=O)[O-]. The molecule has 3 unspecified atom stereocenters. The van der Waals surface area contributed by atoms with Gasteiger partial charge in [0.25, 0.3) is 17.5 Å². The lowest BCUT2D eigenvalue weighted by molar-refractivity contribution is -0.383. The lowest BCUT2D eigenvalue weighted by Gasteiger charge is -2.36. The van der Waals surface area contributed by atoms with E-state index in [0.29, 0.717) is 36.5 Å². The monoisotopic (exact) mass is 634 g/mol.